The molecular formula is C55H59BN2S. The Kier molecular flexibility index (Phi) is 8.21. The first kappa shape index (κ1) is 38.4. The third kappa shape index (κ3) is 5.79. The fourth-order valence-electron chi connectivity index (χ4n) is 10.6. The number of benzene rings is 6. The van der Waals surface area contributed by atoms with Crippen LogP contribution in [0.5, 0.6) is 0 Å². The number of hydrogen-bond acceptors (Lipinski definition) is 3. The summed E-state index contributed by atoms with van der Waals surface area (Å²) in [6.45, 7) is 30.8. The number of para-hydroxylation sites is 1. The van der Waals surface area contributed by atoms with E-state index in [4.69, 9.17) is 0 Å². The highest BCUT2D eigenvalue weighted by Crippen LogP contribution is 2.52. The van der Waals surface area contributed by atoms with E-state index in [9.17, 15) is 0 Å². The van der Waals surface area contributed by atoms with Gasteiger partial charge in [0.2, 0.25) is 0 Å². The summed E-state index contributed by atoms with van der Waals surface area (Å²) in [4.78, 5) is 5.28. The summed E-state index contributed by atoms with van der Waals surface area (Å²) in [5.74, 6) is 0. The average Bonchev–Trinajstić information content (AvgIpc) is 3.52. The summed E-state index contributed by atoms with van der Waals surface area (Å²) in [6.07, 6.45) is 2.37. The second-order valence-electron chi connectivity index (χ2n) is 21.6. The van der Waals surface area contributed by atoms with Crippen molar-refractivity contribution in [1.29, 1.82) is 0 Å². The summed E-state index contributed by atoms with van der Waals surface area (Å²) in [6, 6.07) is 38.8. The van der Waals surface area contributed by atoms with Crippen LogP contribution >= 0.6 is 11.3 Å². The number of anilines is 6. The lowest BCUT2D eigenvalue weighted by atomic mass is 9.33. The minimum Gasteiger partial charge on any atom is -0.311 e. The standard InChI is InChI=1S/C55H59BN2S/c1-32-24-47-51-48(25-32)58(44-20-18-35(26-34(44)3)52(4,5)6)46-30-40-39(54(10,11)22-23-55(40,12)13)29-41(46)56(51)42-31-50-38(28-45(42)57(47)43-17-15-14-16-33(43)2)37-27-36(53(7,8)9)19-21-49(37)59-50/h14-21,24-31H,22-23H2,1-13H3. The van der Waals surface area contributed by atoms with Gasteiger partial charge in [0.05, 0.1) is 0 Å². The van der Waals surface area contributed by atoms with Crippen LogP contribution in [0.1, 0.15) is 121 Å². The van der Waals surface area contributed by atoms with Crippen LogP contribution in [0.15, 0.2) is 97.1 Å². The summed E-state index contributed by atoms with van der Waals surface area (Å²) in [5, 5.41) is 2.72. The SMILES string of the molecule is Cc1cc2c3c(c1)N(c1ccccc1C)c1cc4c(cc1B3c1cc3c(cc1N2c1ccc(C(C)(C)C)cc1C)C(C)(C)CCC3(C)C)sc1ccc(C(C)(C)C)cc14. The molecule has 0 unspecified atom stereocenters. The topological polar surface area (TPSA) is 6.48 Å². The number of fused-ring (bicyclic) bond motifs is 8. The zero-order chi connectivity index (χ0) is 41.7. The molecule has 10 rings (SSSR count). The lowest BCUT2D eigenvalue weighted by Crippen LogP contribution is -2.62. The molecule has 1 aromatic heterocycles. The van der Waals surface area contributed by atoms with Crippen molar-refractivity contribution in [2.45, 2.75) is 125 Å². The highest BCUT2D eigenvalue weighted by atomic mass is 32.1. The Morgan fingerprint density at radius 2 is 1.05 bits per heavy atom. The predicted molar refractivity (Wildman–Crippen MR) is 260 cm³/mol. The van der Waals surface area contributed by atoms with Gasteiger partial charge in [-0.05, 0) is 165 Å². The van der Waals surface area contributed by atoms with E-state index in [1.54, 1.807) is 0 Å². The Morgan fingerprint density at radius 1 is 0.508 bits per heavy atom. The summed E-state index contributed by atoms with van der Waals surface area (Å²) < 4.78 is 2.72. The second-order valence-corrected chi connectivity index (χ2v) is 22.6. The molecule has 0 radical (unpaired) electrons. The third-order valence-corrected chi connectivity index (χ3v) is 15.4. The van der Waals surface area contributed by atoms with Gasteiger partial charge in [-0.2, -0.15) is 0 Å². The molecule has 0 saturated carbocycles. The van der Waals surface area contributed by atoms with Gasteiger partial charge in [0, 0.05) is 54.3 Å². The maximum Gasteiger partial charge on any atom is 0.252 e. The molecule has 0 fully saturated rings. The van der Waals surface area contributed by atoms with E-state index in [1.807, 2.05) is 11.3 Å². The normalized spacial score (nSPS) is 16.6. The Morgan fingerprint density at radius 3 is 1.68 bits per heavy atom. The zero-order valence-electron chi connectivity index (χ0n) is 37.5. The maximum atomic E-state index is 2.67. The fraction of sp³-hybridized carbons (Fsp3) is 0.345. The van der Waals surface area contributed by atoms with Crippen molar-refractivity contribution >= 4 is 88.7 Å². The molecule has 0 bridgehead atoms. The molecule has 3 heterocycles. The first-order valence-corrected chi connectivity index (χ1v) is 22.7. The maximum absolute atomic E-state index is 2.67. The van der Waals surface area contributed by atoms with Gasteiger partial charge in [-0.1, -0.05) is 112 Å². The van der Waals surface area contributed by atoms with Crippen molar-refractivity contribution in [3.63, 3.8) is 0 Å². The van der Waals surface area contributed by atoms with E-state index in [-0.39, 0.29) is 28.4 Å². The largest absolute Gasteiger partial charge is 0.311 e. The lowest BCUT2D eigenvalue weighted by molar-refractivity contribution is 0.332. The molecule has 2 aliphatic heterocycles. The van der Waals surface area contributed by atoms with Crippen LogP contribution in [0, 0.1) is 20.8 Å². The zero-order valence-corrected chi connectivity index (χ0v) is 38.3. The minimum atomic E-state index is 0.0648. The van der Waals surface area contributed by atoms with Gasteiger partial charge < -0.3 is 9.80 Å². The number of aryl methyl sites for hydroxylation is 3. The van der Waals surface area contributed by atoms with Crippen molar-refractivity contribution in [3.8, 4) is 0 Å². The van der Waals surface area contributed by atoms with Gasteiger partial charge in [0.15, 0.2) is 0 Å². The van der Waals surface area contributed by atoms with Crippen molar-refractivity contribution in [2.24, 2.45) is 0 Å². The number of rotatable bonds is 2. The summed E-state index contributed by atoms with van der Waals surface area (Å²) in [7, 11) is 0. The third-order valence-electron chi connectivity index (χ3n) is 14.3. The summed E-state index contributed by atoms with van der Waals surface area (Å²) in [5.41, 5.74) is 21.9. The van der Waals surface area contributed by atoms with Gasteiger partial charge in [0.1, 0.15) is 0 Å². The fourth-order valence-corrected chi connectivity index (χ4v) is 11.7. The lowest BCUT2D eigenvalue weighted by Gasteiger charge is -2.48. The van der Waals surface area contributed by atoms with Gasteiger partial charge in [-0.25, -0.2) is 0 Å². The number of hydrogen-bond donors (Lipinski definition) is 0. The molecular weight excluding hydrogens is 731 g/mol. The van der Waals surface area contributed by atoms with E-state index in [2.05, 4.69) is 197 Å². The molecule has 3 aliphatic rings. The minimum absolute atomic E-state index is 0.0648. The number of nitrogens with zero attached hydrogens (tertiary/aromatic N) is 2. The first-order valence-electron chi connectivity index (χ1n) is 21.8. The van der Waals surface area contributed by atoms with Crippen LogP contribution in [0.3, 0.4) is 0 Å². The molecule has 4 heteroatoms. The predicted octanol–water partition coefficient (Wildman–Crippen LogP) is 14.0. The molecule has 6 aromatic carbocycles. The van der Waals surface area contributed by atoms with E-state index >= 15 is 0 Å². The highest BCUT2D eigenvalue weighted by molar-refractivity contribution is 7.26. The highest BCUT2D eigenvalue weighted by Gasteiger charge is 2.47. The monoisotopic (exact) mass is 790 g/mol. The molecule has 0 amide bonds. The molecule has 0 saturated heterocycles. The van der Waals surface area contributed by atoms with Crippen LogP contribution in [-0.4, -0.2) is 6.71 Å². The van der Waals surface area contributed by atoms with Crippen molar-refractivity contribution in [1.82, 2.24) is 0 Å². The van der Waals surface area contributed by atoms with Crippen molar-refractivity contribution in [2.75, 3.05) is 9.80 Å². The van der Waals surface area contributed by atoms with E-state index in [1.165, 1.54) is 122 Å². The average molecular weight is 791 g/mol. The van der Waals surface area contributed by atoms with Gasteiger partial charge in [0.25, 0.3) is 6.71 Å². The van der Waals surface area contributed by atoms with Gasteiger partial charge >= 0.3 is 0 Å². The van der Waals surface area contributed by atoms with Crippen LogP contribution in [0.4, 0.5) is 34.1 Å². The van der Waals surface area contributed by atoms with Gasteiger partial charge in [-0.3, -0.25) is 0 Å². The molecule has 2 nitrogen and oxygen atoms in total. The summed E-state index contributed by atoms with van der Waals surface area (Å²) >= 11 is 1.95. The molecule has 7 aromatic rings. The molecule has 59 heavy (non-hydrogen) atoms. The first-order chi connectivity index (χ1) is 27.7. The molecule has 0 spiro atoms. The number of thiophene rings is 1. The Labute approximate surface area is 357 Å². The van der Waals surface area contributed by atoms with E-state index < -0.39 is 0 Å². The molecule has 1 aliphatic carbocycles. The van der Waals surface area contributed by atoms with E-state index in [0.717, 1.165) is 0 Å². The van der Waals surface area contributed by atoms with Crippen molar-refractivity contribution in [3.05, 3.63) is 136 Å². The van der Waals surface area contributed by atoms with Crippen LogP contribution in [0.2, 0.25) is 0 Å². The van der Waals surface area contributed by atoms with Crippen LogP contribution in [0.25, 0.3) is 20.2 Å². The Bertz CT molecular complexity index is 2910. The Balaban J connectivity index is 1.35. The van der Waals surface area contributed by atoms with Crippen molar-refractivity contribution < 1.29 is 0 Å². The smallest absolute Gasteiger partial charge is 0.252 e. The second kappa shape index (κ2) is 12.6. The quantitative estimate of drug-likeness (QED) is 0.161. The van der Waals surface area contributed by atoms with Crippen LogP contribution < -0.4 is 26.2 Å². The van der Waals surface area contributed by atoms with Crippen LogP contribution in [-0.2, 0) is 21.7 Å². The Hall–Kier alpha value is -4.80. The molecule has 298 valence electrons. The van der Waals surface area contributed by atoms with E-state index in [0.29, 0.717) is 0 Å². The van der Waals surface area contributed by atoms with Gasteiger partial charge in [-0.15, -0.1) is 11.3 Å². The molecule has 0 N–H and O–H groups in total. The molecule has 0 atom stereocenters.